The van der Waals surface area contributed by atoms with Crippen LogP contribution in [-0.2, 0) is 0 Å². The van der Waals surface area contributed by atoms with Crippen LogP contribution in [0.25, 0.3) is 0 Å². The molecule has 0 radical (unpaired) electrons. The van der Waals surface area contributed by atoms with Gasteiger partial charge in [0.1, 0.15) is 11.5 Å². The second kappa shape index (κ2) is 5.88. The fraction of sp³-hybridized carbons (Fsp3) is 0.750. The van der Waals surface area contributed by atoms with Gasteiger partial charge in [0.15, 0.2) is 0 Å². The fourth-order valence-electron chi connectivity index (χ4n) is 3.27. The first-order valence-electron chi connectivity index (χ1n) is 7.92. The van der Waals surface area contributed by atoms with Crippen molar-refractivity contribution in [1.29, 1.82) is 0 Å². The Kier molecular flexibility index (Phi) is 4.15. The molecule has 1 aliphatic carbocycles. The Morgan fingerprint density at radius 2 is 1.95 bits per heavy atom. The molecule has 2 aliphatic rings. The van der Waals surface area contributed by atoms with Crippen LogP contribution in [0.15, 0.2) is 16.5 Å². The van der Waals surface area contributed by atoms with E-state index in [-0.39, 0.29) is 12.1 Å². The minimum Gasteiger partial charge on any atom is -0.465 e. The van der Waals surface area contributed by atoms with Crippen molar-refractivity contribution in [2.75, 3.05) is 32.7 Å². The molecule has 0 bridgehead atoms. The molecule has 1 aromatic heterocycles. The van der Waals surface area contributed by atoms with Gasteiger partial charge in [0.05, 0.1) is 6.04 Å². The molecule has 1 aromatic rings. The normalized spacial score (nSPS) is 24.8. The molecule has 1 saturated heterocycles. The van der Waals surface area contributed by atoms with Crippen LogP contribution in [0.4, 0.5) is 0 Å². The van der Waals surface area contributed by atoms with Gasteiger partial charge >= 0.3 is 0 Å². The van der Waals surface area contributed by atoms with Gasteiger partial charge in [-0.1, -0.05) is 0 Å². The molecule has 112 valence electrons. The zero-order valence-corrected chi connectivity index (χ0v) is 12.7. The van der Waals surface area contributed by atoms with Crippen molar-refractivity contribution in [1.82, 2.24) is 9.80 Å². The Balaban J connectivity index is 1.61. The van der Waals surface area contributed by atoms with Crippen LogP contribution in [0.5, 0.6) is 0 Å². The minimum atomic E-state index is 0.0931. The van der Waals surface area contributed by atoms with Crippen molar-refractivity contribution in [2.24, 2.45) is 11.7 Å². The summed E-state index contributed by atoms with van der Waals surface area (Å²) in [4.78, 5) is 5.10. The third-order valence-electron chi connectivity index (χ3n) is 4.56. The lowest BCUT2D eigenvalue weighted by molar-refractivity contribution is 0.0744. The van der Waals surface area contributed by atoms with E-state index in [0.29, 0.717) is 0 Å². The van der Waals surface area contributed by atoms with Crippen LogP contribution in [0.1, 0.15) is 37.3 Å². The summed E-state index contributed by atoms with van der Waals surface area (Å²) in [6.07, 6.45) is 2.88. The summed E-state index contributed by atoms with van der Waals surface area (Å²) < 4.78 is 5.83. The zero-order chi connectivity index (χ0) is 14.1. The highest BCUT2D eigenvalue weighted by atomic mass is 16.3. The highest BCUT2D eigenvalue weighted by molar-refractivity contribution is 5.12. The molecule has 4 nitrogen and oxygen atoms in total. The largest absolute Gasteiger partial charge is 0.465 e. The topological polar surface area (TPSA) is 45.6 Å². The Morgan fingerprint density at radius 1 is 1.25 bits per heavy atom. The van der Waals surface area contributed by atoms with E-state index in [1.807, 2.05) is 13.0 Å². The highest BCUT2D eigenvalue weighted by Crippen LogP contribution is 2.31. The van der Waals surface area contributed by atoms with Crippen molar-refractivity contribution >= 4 is 0 Å². The Hall–Kier alpha value is -0.840. The summed E-state index contributed by atoms with van der Waals surface area (Å²) in [5.74, 6) is 2.98. The van der Waals surface area contributed by atoms with Gasteiger partial charge in [0, 0.05) is 38.8 Å². The Morgan fingerprint density at radius 3 is 2.45 bits per heavy atom. The minimum absolute atomic E-state index is 0.0931. The predicted molar refractivity (Wildman–Crippen MR) is 80.6 cm³/mol. The second-order valence-electron chi connectivity index (χ2n) is 6.53. The first-order valence-corrected chi connectivity index (χ1v) is 7.92. The number of nitrogens with two attached hydrogens (primary N) is 1. The average molecular weight is 277 g/mol. The lowest BCUT2D eigenvalue weighted by Gasteiger charge is -2.40. The molecular weight excluding hydrogens is 250 g/mol. The van der Waals surface area contributed by atoms with Gasteiger partial charge in [-0.2, -0.15) is 0 Å². The molecule has 2 unspecified atom stereocenters. The lowest BCUT2D eigenvalue weighted by Crippen LogP contribution is -2.51. The van der Waals surface area contributed by atoms with E-state index in [1.165, 1.54) is 32.5 Å². The van der Waals surface area contributed by atoms with Crippen LogP contribution in [0, 0.1) is 12.8 Å². The average Bonchev–Trinajstić information content (AvgIpc) is 3.13. The maximum Gasteiger partial charge on any atom is 0.122 e. The van der Waals surface area contributed by atoms with Gasteiger partial charge < -0.3 is 15.1 Å². The van der Waals surface area contributed by atoms with Gasteiger partial charge in [-0.25, -0.2) is 0 Å². The lowest BCUT2D eigenvalue weighted by atomic mass is 10.0. The number of piperazine rings is 1. The van der Waals surface area contributed by atoms with Crippen LogP contribution in [0.2, 0.25) is 0 Å². The van der Waals surface area contributed by atoms with E-state index in [2.05, 4.69) is 22.8 Å². The first-order chi connectivity index (χ1) is 9.63. The quantitative estimate of drug-likeness (QED) is 0.894. The summed E-state index contributed by atoms with van der Waals surface area (Å²) >= 11 is 0. The first kappa shape index (κ1) is 14.1. The van der Waals surface area contributed by atoms with E-state index in [9.17, 15) is 0 Å². The number of hydrogen-bond donors (Lipinski definition) is 1. The fourth-order valence-corrected chi connectivity index (χ4v) is 3.27. The predicted octanol–water partition coefficient (Wildman–Crippen LogP) is 2.00. The van der Waals surface area contributed by atoms with Crippen LogP contribution < -0.4 is 5.73 Å². The van der Waals surface area contributed by atoms with Gasteiger partial charge in [-0.3, -0.25) is 4.90 Å². The summed E-state index contributed by atoms with van der Waals surface area (Å²) in [7, 11) is 0. The maximum atomic E-state index is 6.22. The van der Waals surface area contributed by atoms with Crippen molar-refractivity contribution in [3.63, 3.8) is 0 Å². The summed E-state index contributed by atoms with van der Waals surface area (Å²) in [5.41, 5.74) is 6.22. The van der Waals surface area contributed by atoms with Gasteiger partial charge in [-0.05, 0) is 44.7 Å². The molecule has 20 heavy (non-hydrogen) atoms. The third kappa shape index (κ3) is 3.25. The van der Waals surface area contributed by atoms with E-state index in [4.69, 9.17) is 10.2 Å². The molecule has 0 amide bonds. The monoisotopic (exact) mass is 277 g/mol. The molecule has 0 aromatic carbocycles. The number of rotatable bonds is 5. The molecule has 2 atom stereocenters. The molecule has 2 fully saturated rings. The number of hydrogen-bond acceptors (Lipinski definition) is 4. The molecule has 2 heterocycles. The standard InChI is InChI=1S/C16H27N3O/c1-12-3-6-15(20-12)16(13(2)17)19-9-7-18(8-10-19)11-14-4-5-14/h3,6,13-14,16H,4-5,7-11,17H2,1-2H3. The van der Waals surface area contributed by atoms with Crippen LogP contribution in [-0.4, -0.2) is 48.6 Å². The van der Waals surface area contributed by atoms with Crippen molar-refractivity contribution in [3.05, 3.63) is 23.7 Å². The summed E-state index contributed by atoms with van der Waals surface area (Å²) in [6.45, 7) is 9.90. The van der Waals surface area contributed by atoms with E-state index in [0.717, 1.165) is 30.5 Å². The van der Waals surface area contributed by atoms with Gasteiger partial charge in [0.2, 0.25) is 0 Å². The summed E-state index contributed by atoms with van der Waals surface area (Å²) in [6, 6.07) is 4.43. The van der Waals surface area contributed by atoms with E-state index in [1.54, 1.807) is 0 Å². The van der Waals surface area contributed by atoms with Crippen LogP contribution >= 0.6 is 0 Å². The van der Waals surface area contributed by atoms with Crippen LogP contribution in [0.3, 0.4) is 0 Å². The maximum absolute atomic E-state index is 6.22. The number of aryl methyl sites for hydroxylation is 1. The van der Waals surface area contributed by atoms with Gasteiger partial charge in [-0.15, -0.1) is 0 Å². The Bertz CT molecular complexity index is 431. The number of furan rings is 1. The number of nitrogens with zero attached hydrogens (tertiary/aromatic N) is 2. The molecule has 2 N–H and O–H groups in total. The summed E-state index contributed by atoms with van der Waals surface area (Å²) in [5, 5.41) is 0. The molecule has 1 saturated carbocycles. The van der Waals surface area contributed by atoms with Gasteiger partial charge in [0.25, 0.3) is 0 Å². The highest BCUT2D eigenvalue weighted by Gasteiger charge is 2.31. The second-order valence-corrected chi connectivity index (χ2v) is 6.53. The molecule has 3 rings (SSSR count). The molecule has 4 heteroatoms. The Labute approximate surface area is 121 Å². The van der Waals surface area contributed by atoms with Crippen molar-refractivity contribution < 1.29 is 4.42 Å². The zero-order valence-electron chi connectivity index (χ0n) is 12.7. The van der Waals surface area contributed by atoms with Crippen molar-refractivity contribution in [2.45, 2.75) is 38.8 Å². The van der Waals surface area contributed by atoms with E-state index < -0.39 is 0 Å². The third-order valence-corrected chi connectivity index (χ3v) is 4.56. The molecule has 1 aliphatic heterocycles. The molecular formula is C16H27N3O. The SMILES string of the molecule is Cc1ccc(C(C(C)N)N2CCN(CC3CC3)CC2)o1. The smallest absolute Gasteiger partial charge is 0.122 e. The van der Waals surface area contributed by atoms with E-state index >= 15 is 0 Å². The van der Waals surface area contributed by atoms with Crippen molar-refractivity contribution in [3.8, 4) is 0 Å². The molecule has 0 spiro atoms.